The zero-order valence-corrected chi connectivity index (χ0v) is 10.4. The van der Waals surface area contributed by atoms with Crippen LogP contribution in [-0.4, -0.2) is 10.1 Å². The Bertz CT molecular complexity index is 773. The molecule has 0 saturated carbocycles. The summed E-state index contributed by atoms with van der Waals surface area (Å²) in [6.45, 7) is 0. The predicted molar refractivity (Wildman–Crippen MR) is 72.2 cm³/mol. The van der Waals surface area contributed by atoms with Gasteiger partial charge in [0.15, 0.2) is 11.6 Å². The number of hydrogen-bond donors (Lipinski definition) is 1. The van der Waals surface area contributed by atoms with Gasteiger partial charge in [-0.15, -0.1) is 0 Å². The van der Waals surface area contributed by atoms with Gasteiger partial charge in [0.05, 0.1) is 11.2 Å². The van der Waals surface area contributed by atoms with Crippen LogP contribution in [0, 0.1) is 11.6 Å². The third kappa shape index (κ3) is 2.26. The van der Waals surface area contributed by atoms with Gasteiger partial charge in [-0.05, 0) is 29.8 Å². The van der Waals surface area contributed by atoms with Gasteiger partial charge in [-0.25, -0.2) is 13.8 Å². The molecule has 1 N–H and O–H groups in total. The number of nitrogens with zero attached hydrogens (tertiary/aromatic N) is 1. The fourth-order valence-corrected chi connectivity index (χ4v) is 2.09. The van der Waals surface area contributed by atoms with E-state index in [9.17, 15) is 13.9 Å². The molecule has 1 unspecified atom stereocenters. The molecular formula is C16H11F2NO. The molecule has 0 amide bonds. The van der Waals surface area contributed by atoms with Gasteiger partial charge in [0.1, 0.15) is 6.10 Å². The summed E-state index contributed by atoms with van der Waals surface area (Å²) in [6.07, 6.45) is -1.09. The maximum atomic E-state index is 13.2. The Balaban J connectivity index is 2.02. The van der Waals surface area contributed by atoms with Gasteiger partial charge >= 0.3 is 0 Å². The van der Waals surface area contributed by atoms with Crippen molar-refractivity contribution < 1.29 is 13.9 Å². The molecule has 2 nitrogen and oxygen atoms in total. The highest BCUT2D eigenvalue weighted by molar-refractivity contribution is 5.78. The van der Waals surface area contributed by atoms with Crippen LogP contribution in [0.25, 0.3) is 10.9 Å². The van der Waals surface area contributed by atoms with Crippen molar-refractivity contribution in [1.29, 1.82) is 0 Å². The number of hydrogen-bond acceptors (Lipinski definition) is 2. The second kappa shape index (κ2) is 4.98. The number of aliphatic hydroxyl groups excluding tert-OH is 1. The Kier molecular flexibility index (Phi) is 3.16. The van der Waals surface area contributed by atoms with E-state index < -0.39 is 17.7 Å². The van der Waals surface area contributed by atoms with Gasteiger partial charge in [0.2, 0.25) is 0 Å². The summed E-state index contributed by atoms with van der Waals surface area (Å²) in [5.74, 6) is -1.92. The normalized spacial score (nSPS) is 12.6. The molecule has 0 radical (unpaired) electrons. The molecule has 0 fully saturated rings. The van der Waals surface area contributed by atoms with Crippen LogP contribution in [0.4, 0.5) is 8.78 Å². The fourth-order valence-electron chi connectivity index (χ4n) is 2.09. The number of aromatic nitrogens is 1. The Morgan fingerprint density at radius 3 is 2.50 bits per heavy atom. The molecule has 20 heavy (non-hydrogen) atoms. The van der Waals surface area contributed by atoms with Crippen molar-refractivity contribution >= 4 is 10.9 Å². The standard InChI is InChI=1S/C16H11F2NO/c17-12-7-5-11(9-13(12)18)16(20)15-8-6-10-3-1-2-4-14(10)19-15/h1-9,16,20H. The van der Waals surface area contributed by atoms with E-state index in [1.807, 2.05) is 30.3 Å². The molecule has 0 spiro atoms. The van der Waals surface area contributed by atoms with Crippen molar-refractivity contribution in [3.63, 3.8) is 0 Å². The predicted octanol–water partition coefficient (Wildman–Crippen LogP) is 3.59. The Morgan fingerprint density at radius 1 is 0.900 bits per heavy atom. The van der Waals surface area contributed by atoms with Crippen LogP contribution in [0.1, 0.15) is 17.4 Å². The molecule has 1 aromatic heterocycles. The summed E-state index contributed by atoms with van der Waals surface area (Å²) in [5.41, 5.74) is 1.41. The first-order chi connectivity index (χ1) is 9.65. The molecule has 4 heteroatoms. The second-order valence-electron chi connectivity index (χ2n) is 4.50. The lowest BCUT2D eigenvalue weighted by Gasteiger charge is -2.11. The summed E-state index contributed by atoms with van der Waals surface area (Å²) in [7, 11) is 0. The second-order valence-corrected chi connectivity index (χ2v) is 4.50. The monoisotopic (exact) mass is 271 g/mol. The quantitative estimate of drug-likeness (QED) is 0.772. The molecule has 1 atom stereocenters. The SMILES string of the molecule is OC(c1ccc(F)c(F)c1)c1ccc2ccccc2n1. The maximum absolute atomic E-state index is 13.2. The largest absolute Gasteiger partial charge is 0.382 e. The molecule has 0 aliphatic rings. The molecule has 0 aliphatic heterocycles. The maximum Gasteiger partial charge on any atom is 0.159 e. The van der Waals surface area contributed by atoms with Gasteiger partial charge in [-0.1, -0.05) is 30.3 Å². The minimum atomic E-state index is -1.09. The van der Waals surface area contributed by atoms with Gasteiger partial charge in [0.25, 0.3) is 0 Å². The third-order valence-corrected chi connectivity index (χ3v) is 3.16. The van der Waals surface area contributed by atoms with Crippen molar-refractivity contribution in [2.24, 2.45) is 0 Å². The number of pyridine rings is 1. The Hall–Kier alpha value is -2.33. The summed E-state index contributed by atoms with van der Waals surface area (Å²) < 4.78 is 26.1. The van der Waals surface area contributed by atoms with E-state index in [0.717, 1.165) is 23.0 Å². The molecule has 0 bridgehead atoms. The van der Waals surface area contributed by atoms with Crippen LogP contribution in [0.15, 0.2) is 54.6 Å². The van der Waals surface area contributed by atoms with Crippen molar-refractivity contribution in [1.82, 2.24) is 4.98 Å². The lowest BCUT2D eigenvalue weighted by molar-refractivity contribution is 0.215. The lowest BCUT2D eigenvalue weighted by atomic mass is 10.0. The minimum Gasteiger partial charge on any atom is -0.382 e. The van der Waals surface area contributed by atoms with E-state index in [-0.39, 0.29) is 5.56 Å². The van der Waals surface area contributed by atoms with E-state index in [1.54, 1.807) is 6.07 Å². The van der Waals surface area contributed by atoms with Crippen LogP contribution < -0.4 is 0 Å². The molecule has 3 aromatic rings. The molecule has 2 aromatic carbocycles. The molecule has 0 aliphatic carbocycles. The average molecular weight is 271 g/mol. The highest BCUT2D eigenvalue weighted by atomic mass is 19.2. The van der Waals surface area contributed by atoms with Crippen molar-refractivity contribution in [2.75, 3.05) is 0 Å². The number of para-hydroxylation sites is 1. The molecule has 0 saturated heterocycles. The molecular weight excluding hydrogens is 260 g/mol. The molecule has 1 heterocycles. The van der Waals surface area contributed by atoms with Crippen LogP contribution >= 0.6 is 0 Å². The highest BCUT2D eigenvalue weighted by Crippen LogP contribution is 2.23. The first-order valence-electron chi connectivity index (χ1n) is 6.14. The van der Waals surface area contributed by atoms with Gasteiger partial charge in [-0.2, -0.15) is 0 Å². The van der Waals surface area contributed by atoms with Crippen LogP contribution in [0.5, 0.6) is 0 Å². The highest BCUT2D eigenvalue weighted by Gasteiger charge is 2.14. The lowest BCUT2D eigenvalue weighted by Crippen LogP contribution is -2.03. The van der Waals surface area contributed by atoms with E-state index in [4.69, 9.17) is 0 Å². The zero-order valence-electron chi connectivity index (χ0n) is 10.4. The van der Waals surface area contributed by atoms with Crippen molar-refractivity contribution in [3.8, 4) is 0 Å². The summed E-state index contributed by atoms with van der Waals surface area (Å²) in [5, 5.41) is 11.2. The van der Waals surface area contributed by atoms with E-state index in [1.165, 1.54) is 6.07 Å². The average Bonchev–Trinajstić information content (AvgIpc) is 2.49. The van der Waals surface area contributed by atoms with Crippen molar-refractivity contribution in [3.05, 3.63) is 77.5 Å². The molecule has 3 rings (SSSR count). The Morgan fingerprint density at radius 2 is 1.70 bits per heavy atom. The first-order valence-corrected chi connectivity index (χ1v) is 6.14. The van der Waals surface area contributed by atoms with E-state index in [0.29, 0.717) is 5.69 Å². The fraction of sp³-hybridized carbons (Fsp3) is 0.0625. The zero-order chi connectivity index (χ0) is 14.1. The number of rotatable bonds is 2. The smallest absolute Gasteiger partial charge is 0.159 e. The number of benzene rings is 2. The van der Waals surface area contributed by atoms with E-state index in [2.05, 4.69) is 4.98 Å². The number of halogens is 2. The van der Waals surface area contributed by atoms with E-state index >= 15 is 0 Å². The third-order valence-electron chi connectivity index (χ3n) is 3.16. The number of fused-ring (bicyclic) bond motifs is 1. The molecule has 100 valence electrons. The Labute approximate surface area is 114 Å². The van der Waals surface area contributed by atoms with Crippen molar-refractivity contribution in [2.45, 2.75) is 6.10 Å². The van der Waals surface area contributed by atoms with Gasteiger partial charge < -0.3 is 5.11 Å². The topological polar surface area (TPSA) is 33.1 Å². The summed E-state index contributed by atoms with van der Waals surface area (Å²) in [4.78, 5) is 4.34. The first kappa shape index (κ1) is 12.7. The summed E-state index contributed by atoms with van der Waals surface area (Å²) in [6, 6.07) is 14.3. The van der Waals surface area contributed by atoms with Crippen LogP contribution in [0.2, 0.25) is 0 Å². The minimum absolute atomic E-state index is 0.270. The van der Waals surface area contributed by atoms with Gasteiger partial charge in [0, 0.05) is 5.39 Å². The van der Waals surface area contributed by atoms with Crippen LogP contribution in [0.3, 0.4) is 0 Å². The number of aliphatic hydroxyl groups is 1. The van der Waals surface area contributed by atoms with Gasteiger partial charge in [-0.3, -0.25) is 0 Å². The summed E-state index contributed by atoms with van der Waals surface area (Å²) >= 11 is 0. The van der Waals surface area contributed by atoms with Crippen LogP contribution in [-0.2, 0) is 0 Å².